The van der Waals surface area contributed by atoms with Crippen LogP contribution in [-0.4, -0.2) is 56.4 Å². The number of aliphatic hydroxyl groups excluding tert-OH is 1. The molecule has 0 fully saturated rings. The minimum Gasteiger partial charge on any atom is -0.494 e. The van der Waals surface area contributed by atoms with Gasteiger partial charge in [0, 0.05) is 31.6 Å². The number of nitrogens with zero attached hydrogens (tertiary/aromatic N) is 1. The van der Waals surface area contributed by atoms with Crippen LogP contribution < -0.4 is 10.1 Å². The third kappa shape index (κ3) is 6.66. The Labute approximate surface area is 229 Å². The smallest absolute Gasteiger partial charge is 0.252 e. The van der Waals surface area contributed by atoms with Gasteiger partial charge in [-0.2, -0.15) is 0 Å². The lowest BCUT2D eigenvalue weighted by molar-refractivity contribution is -0.129. The second-order valence-electron chi connectivity index (χ2n) is 9.34. The fraction of sp³-hybridized carbons (Fsp3) is 0.333. The number of rotatable bonds is 13. The van der Waals surface area contributed by atoms with Crippen molar-refractivity contribution in [1.29, 1.82) is 0 Å². The first kappa shape index (κ1) is 28.3. The van der Waals surface area contributed by atoms with E-state index >= 15 is 0 Å². The molecule has 0 saturated carbocycles. The monoisotopic (exact) mass is 550 g/mol. The molecule has 0 saturated heterocycles. The van der Waals surface area contributed by atoms with E-state index in [1.807, 2.05) is 37.3 Å². The number of carbonyl (C=O) groups excluding carboxylic acids is 1. The van der Waals surface area contributed by atoms with Gasteiger partial charge >= 0.3 is 0 Å². The number of carbonyl (C=O) groups is 1. The average Bonchev–Trinajstić information content (AvgIpc) is 3.37. The summed E-state index contributed by atoms with van der Waals surface area (Å²) in [6.45, 7) is 2.82. The zero-order valence-corrected chi connectivity index (χ0v) is 22.8. The maximum absolute atomic E-state index is 13.8. The topological polar surface area (TPSA) is 114 Å². The summed E-state index contributed by atoms with van der Waals surface area (Å²) in [6.07, 6.45) is 0.356. The molecule has 0 radical (unpaired) electrons. The Morgan fingerprint density at radius 1 is 1.03 bits per heavy atom. The number of hydrogen-bond acceptors (Lipinski definition) is 7. The van der Waals surface area contributed by atoms with E-state index in [0.29, 0.717) is 30.9 Å². The number of sulfone groups is 1. The molecule has 0 spiro atoms. The van der Waals surface area contributed by atoms with E-state index in [1.54, 1.807) is 54.6 Å². The largest absolute Gasteiger partial charge is 0.494 e. The van der Waals surface area contributed by atoms with Crippen molar-refractivity contribution < 1.29 is 27.8 Å². The van der Waals surface area contributed by atoms with Gasteiger partial charge in [0.1, 0.15) is 5.75 Å². The van der Waals surface area contributed by atoms with Crippen LogP contribution in [0.2, 0.25) is 0 Å². The first-order valence-electron chi connectivity index (χ1n) is 13.1. The van der Waals surface area contributed by atoms with Gasteiger partial charge < -0.3 is 19.9 Å². The molecule has 3 aromatic carbocycles. The highest BCUT2D eigenvalue weighted by Gasteiger charge is 2.53. The highest BCUT2D eigenvalue weighted by molar-refractivity contribution is 7.91. The Morgan fingerprint density at radius 3 is 2.33 bits per heavy atom. The van der Waals surface area contributed by atoms with E-state index in [1.165, 1.54) is 0 Å². The Morgan fingerprint density at radius 2 is 1.69 bits per heavy atom. The van der Waals surface area contributed by atoms with Crippen LogP contribution in [0.15, 0.2) is 94.8 Å². The number of benzene rings is 3. The molecule has 9 heteroatoms. The molecule has 39 heavy (non-hydrogen) atoms. The third-order valence-electron chi connectivity index (χ3n) is 6.52. The van der Waals surface area contributed by atoms with Crippen LogP contribution in [-0.2, 0) is 19.4 Å². The van der Waals surface area contributed by atoms with E-state index in [9.17, 15) is 13.2 Å². The van der Waals surface area contributed by atoms with Crippen molar-refractivity contribution in [2.45, 2.75) is 42.7 Å². The Bertz CT molecular complexity index is 1360. The molecule has 0 aromatic heterocycles. The predicted molar refractivity (Wildman–Crippen MR) is 150 cm³/mol. The maximum atomic E-state index is 13.8. The minimum atomic E-state index is -3.68. The van der Waals surface area contributed by atoms with Gasteiger partial charge in [0.15, 0.2) is 21.5 Å². The van der Waals surface area contributed by atoms with Crippen molar-refractivity contribution in [2.75, 3.05) is 25.5 Å². The summed E-state index contributed by atoms with van der Waals surface area (Å²) in [4.78, 5) is 18.9. The van der Waals surface area contributed by atoms with Crippen LogP contribution in [0.4, 0.5) is 0 Å². The number of ether oxygens (including phenoxy) is 2. The Balaban J connectivity index is 1.72. The molecule has 3 aromatic rings. The van der Waals surface area contributed by atoms with Crippen molar-refractivity contribution >= 4 is 21.6 Å². The van der Waals surface area contributed by atoms with Crippen LogP contribution in [0.1, 0.15) is 43.4 Å². The normalized spacial score (nSPS) is 18.7. The molecular formula is C30H34N2O6S. The molecule has 1 amide bonds. The predicted octanol–water partition coefficient (Wildman–Crippen LogP) is 4.09. The highest BCUT2D eigenvalue weighted by Crippen LogP contribution is 2.43. The zero-order valence-electron chi connectivity index (χ0n) is 22.0. The second-order valence-corrected chi connectivity index (χ2v) is 11.4. The van der Waals surface area contributed by atoms with Crippen molar-refractivity contribution in [3.05, 3.63) is 96.1 Å². The van der Waals surface area contributed by atoms with Gasteiger partial charge in [-0.15, -0.1) is 0 Å². The number of aliphatic imine (C=N–C) groups is 1. The van der Waals surface area contributed by atoms with Gasteiger partial charge in [0.25, 0.3) is 5.91 Å². The second kappa shape index (κ2) is 12.9. The first-order valence-corrected chi connectivity index (χ1v) is 14.8. The third-order valence-corrected chi connectivity index (χ3v) is 8.25. The summed E-state index contributed by atoms with van der Waals surface area (Å²) in [5.74, 6) is 0.235. The molecule has 1 aliphatic rings. The lowest BCUT2D eigenvalue weighted by atomic mass is 9.85. The van der Waals surface area contributed by atoms with Crippen molar-refractivity contribution in [2.24, 2.45) is 4.99 Å². The zero-order chi connectivity index (χ0) is 27.7. The lowest BCUT2D eigenvalue weighted by Crippen LogP contribution is -2.49. The molecule has 1 heterocycles. The van der Waals surface area contributed by atoms with Gasteiger partial charge in [-0.3, -0.25) is 4.79 Å². The lowest BCUT2D eigenvalue weighted by Gasteiger charge is -2.30. The van der Waals surface area contributed by atoms with E-state index in [0.717, 1.165) is 12.0 Å². The number of nitrogens with one attached hydrogen (secondary N) is 1. The summed E-state index contributed by atoms with van der Waals surface area (Å²) in [5.41, 5.74) is -0.130. The Hall–Kier alpha value is -3.69. The summed E-state index contributed by atoms with van der Waals surface area (Å²) >= 11 is 0. The van der Waals surface area contributed by atoms with Crippen LogP contribution >= 0.6 is 0 Å². The van der Waals surface area contributed by atoms with E-state index < -0.39 is 21.5 Å². The molecular weight excluding hydrogens is 516 g/mol. The van der Waals surface area contributed by atoms with Gasteiger partial charge in [-0.05, 0) is 48.4 Å². The fourth-order valence-corrected chi connectivity index (χ4v) is 5.81. The minimum absolute atomic E-state index is 0.0474. The van der Waals surface area contributed by atoms with E-state index in [4.69, 9.17) is 19.6 Å². The van der Waals surface area contributed by atoms with Crippen LogP contribution in [0.25, 0.3) is 0 Å². The van der Waals surface area contributed by atoms with Gasteiger partial charge in [0.2, 0.25) is 5.90 Å². The molecule has 1 aliphatic heterocycles. The summed E-state index contributed by atoms with van der Waals surface area (Å²) in [6, 6.07) is 24.6. The molecule has 8 nitrogen and oxygen atoms in total. The molecule has 0 bridgehead atoms. The van der Waals surface area contributed by atoms with Crippen LogP contribution in [0, 0.1) is 0 Å². The van der Waals surface area contributed by atoms with Gasteiger partial charge in [0.05, 0.1) is 17.3 Å². The molecule has 0 aliphatic carbocycles. The molecule has 4 rings (SSSR count). The van der Waals surface area contributed by atoms with Crippen molar-refractivity contribution in [3.8, 4) is 5.75 Å². The summed E-state index contributed by atoms with van der Waals surface area (Å²) < 4.78 is 38.5. The number of amides is 1. The fourth-order valence-electron chi connectivity index (χ4n) is 4.43. The Kier molecular flexibility index (Phi) is 9.37. The van der Waals surface area contributed by atoms with Crippen LogP contribution in [0.5, 0.6) is 5.75 Å². The average molecular weight is 551 g/mol. The van der Waals surface area contributed by atoms with Crippen LogP contribution in [0.3, 0.4) is 0 Å². The molecule has 0 unspecified atom stereocenters. The highest BCUT2D eigenvalue weighted by atomic mass is 32.2. The van der Waals surface area contributed by atoms with Crippen molar-refractivity contribution in [3.63, 3.8) is 0 Å². The molecule has 206 valence electrons. The quantitative estimate of drug-likeness (QED) is 0.310. The van der Waals surface area contributed by atoms with Gasteiger partial charge in [-0.1, -0.05) is 55.5 Å². The number of aliphatic hydroxyl groups is 1. The van der Waals surface area contributed by atoms with Crippen molar-refractivity contribution in [1.82, 2.24) is 5.32 Å². The maximum Gasteiger partial charge on any atom is 0.252 e. The van der Waals surface area contributed by atoms with E-state index in [2.05, 4.69) is 5.32 Å². The summed E-state index contributed by atoms with van der Waals surface area (Å²) in [5, 5.41) is 11.9. The van der Waals surface area contributed by atoms with E-state index in [-0.39, 0.29) is 35.5 Å². The SMILES string of the molecule is CCCNC(=O)[C@]1(CCS(=O)(=O)c2ccccc2)N=C(c2ccc(OCCCO)cc2)O[C@@H]1c1ccccc1. The van der Waals surface area contributed by atoms with Gasteiger partial charge in [-0.25, -0.2) is 13.4 Å². The molecule has 2 atom stereocenters. The molecule has 2 N–H and O–H groups in total. The number of hydrogen-bond donors (Lipinski definition) is 2. The standard InChI is InChI=1S/C30H34N2O6S/c1-2-19-31-29(34)30(18-22-39(35,36)26-12-7-4-8-13-26)27(23-10-5-3-6-11-23)38-28(32-30)24-14-16-25(17-15-24)37-21-9-20-33/h3-8,10-17,27,33H,2,9,18-22H2,1H3,(H,31,34)/t27-,30-/m1/s1. The summed E-state index contributed by atoms with van der Waals surface area (Å²) in [7, 11) is -3.68. The first-order chi connectivity index (χ1) is 18.9.